The van der Waals surface area contributed by atoms with E-state index in [0.717, 1.165) is 44.7 Å². The largest absolute Gasteiger partial charge is 0.341 e. The van der Waals surface area contributed by atoms with Gasteiger partial charge in [-0.2, -0.15) is 0 Å². The summed E-state index contributed by atoms with van der Waals surface area (Å²) in [7, 11) is 1.76. The zero-order valence-electron chi connectivity index (χ0n) is 14.1. The Hall–Kier alpha value is -1.62. The molecule has 1 aromatic heterocycles. The molecule has 122 valence electrons. The highest BCUT2D eigenvalue weighted by Gasteiger charge is 2.28. The van der Waals surface area contributed by atoms with Crippen molar-refractivity contribution in [1.29, 1.82) is 0 Å². The summed E-state index contributed by atoms with van der Waals surface area (Å²) in [6.07, 6.45) is 2.79. The lowest BCUT2D eigenvalue weighted by molar-refractivity contribution is -0.139. The van der Waals surface area contributed by atoms with Crippen LogP contribution in [-0.2, 0) is 18.4 Å². The van der Waals surface area contributed by atoms with Gasteiger partial charge < -0.3 is 9.47 Å². The summed E-state index contributed by atoms with van der Waals surface area (Å²) < 4.78 is 1.58. The molecule has 5 nitrogen and oxygen atoms in total. The van der Waals surface area contributed by atoms with Crippen LogP contribution in [0.2, 0.25) is 0 Å². The predicted molar refractivity (Wildman–Crippen MR) is 87.6 cm³/mol. The maximum Gasteiger partial charge on any atom is 0.250 e. The molecular weight excluding hydrogens is 278 g/mol. The Labute approximate surface area is 132 Å². The first-order valence-electron chi connectivity index (χ1n) is 7.94. The van der Waals surface area contributed by atoms with E-state index in [2.05, 4.69) is 4.90 Å². The molecule has 1 aliphatic heterocycles. The second-order valence-corrected chi connectivity index (χ2v) is 7.16. The Morgan fingerprint density at radius 2 is 1.91 bits per heavy atom. The predicted octanol–water partition coefficient (Wildman–Crippen LogP) is 1.47. The Morgan fingerprint density at radius 3 is 2.55 bits per heavy atom. The fraction of sp³-hybridized carbons (Fsp3) is 0.647. The third-order valence-electron chi connectivity index (χ3n) is 4.09. The Morgan fingerprint density at radius 1 is 1.18 bits per heavy atom. The fourth-order valence-electron chi connectivity index (χ4n) is 2.75. The lowest BCUT2D eigenvalue weighted by Crippen LogP contribution is -2.41. The molecule has 0 aromatic carbocycles. The van der Waals surface area contributed by atoms with E-state index in [-0.39, 0.29) is 16.9 Å². The summed E-state index contributed by atoms with van der Waals surface area (Å²) in [5.74, 6) is 0.225. The van der Waals surface area contributed by atoms with Gasteiger partial charge in [0.25, 0.3) is 5.56 Å². The van der Waals surface area contributed by atoms with Crippen molar-refractivity contribution in [1.82, 2.24) is 14.4 Å². The van der Waals surface area contributed by atoms with Gasteiger partial charge in [0.05, 0.1) is 0 Å². The van der Waals surface area contributed by atoms with Crippen molar-refractivity contribution in [3.63, 3.8) is 0 Å². The van der Waals surface area contributed by atoms with Crippen LogP contribution in [0, 0.1) is 5.41 Å². The smallest absolute Gasteiger partial charge is 0.250 e. The van der Waals surface area contributed by atoms with Gasteiger partial charge in [-0.15, -0.1) is 0 Å². The van der Waals surface area contributed by atoms with Crippen molar-refractivity contribution >= 4 is 5.91 Å². The minimum absolute atomic E-state index is 0.0249. The first kappa shape index (κ1) is 16.7. The summed E-state index contributed by atoms with van der Waals surface area (Å²) in [6, 6.07) is 3.69. The zero-order valence-corrected chi connectivity index (χ0v) is 14.1. The van der Waals surface area contributed by atoms with Crippen molar-refractivity contribution < 1.29 is 4.79 Å². The minimum Gasteiger partial charge on any atom is -0.341 e. The zero-order chi connectivity index (χ0) is 16.3. The van der Waals surface area contributed by atoms with E-state index in [9.17, 15) is 9.59 Å². The molecule has 0 aliphatic carbocycles. The maximum atomic E-state index is 12.4. The van der Waals surface area contributed by atoms with Gasteiger partial charge in [0.15, 0.2) is 0 Å². The topological polar surface area (TPSA) is 45.5 Å². The fourth-order valence-corrected chi connectivity index (χ4v) is 2.75. The molecule has 5 heteroatoms. The first-order chi connectivity index (χ1) is 10.3. The van der Waals surface area contributed by atoms with Crippen LogP contribution in [0.1, 0.15) is 32.8 Å². The Bertz CT molecular complexity index is 586. The summed E-state index contributed by atoms with van der Waals surface area (Å²) in [6.45, 7) is 10.1. The van der Waals surface area contributed by atoms with Gasteiger partial charge in [0.2, 0.25) is 5.91 Å². The molecule has 1 aliphatic rings. The summed E-state index contributed by atoms with van der Waals surface area (Å²) >= 11 is 0. The number of aryl methyl sites for hydroxylation is 1. The number of aromatic nitrogens is 1. The number of rotatable bonds is 2. The van der Waals surface area contributed by atoms with Crippen LogP contribution in [0.3, 0.4) is 0 Å². The van der Waals surface area contributed by atoms with Crippen LogP contribution in [-0.4, -0.2) is 46.5 Å². The molecule has 1 saturated heterocycles. The molecule has 0 spiro atoms. The van der Waals surface area contributed by atoms with Crippen LogP contribution in [0.15, 0.2) is 23.1 Å². The lowest BCUT2D eigenvalue weighted by atomic mass is 9.94. The van der Waals surface area contributed by atoms with Crippen LogP contribution >= 0.6 is 0 Å². The van der Waals surface area contributed by atoms with E-state index >= 15 is 0 Å². The highest BCUT2D eigenvalue weighted by atomic mass is 16.2. The van der Waals surface area contributed by atoms with Crippen molar-refractivity contribution in [3.05, 3.63) is 34.2 Å². The number of nitrogens with zero attached hydrogens (tertiary/aromatic N) is 3. The molecule has 2 heterocycles. The molecule has 0 unspecified atom stereocenters. The summed E-state index contributed by atoms with van der Waals surface area (Å²) in [5, 5.41) is 0. The molecule has 0 bridgehead atoms. The van der Waals surface area contributed by atoms with Crippen LogP contribution < -0.4 is 5.56 Å². The number of carbonyl (C=O) groups excluding carboxylic acids is 1. The molecule has 22 heavy (non-hydrogen) atoms. The average molecular weight is 305 g/mol. The van der Waals surface area contributed by atoms with Crippen molar-refractivity contribution in [2.45, 2.75) is 33.7 Å². The Kier molecular flexibility index (Phi) is 5.06. The number of hydrogen-bond acceptors (Lipinski definition) is 3. The normalized spacial score (nSPS) is 17.4. The van der Waals surface area contributed by atoms with Gasteiger partial charge in [-0.1, -0.05) is 20.8 Å². The van der Waals surface area contributed by atoms with Gasteiger partial charge in [0.1, 0.15) is 0 Å². The summed E-state index contributed by atoms with van der Waals surface area (Å²) in [4.78, 5) is 28.4. The number of hydrogen-bond donors (Lipinski definition) is 0. The monoisotopic (exact) mass is 305 g/mol. The Balaban J connectivity index is 1.97. The van der Waals surface area contributed by atoms with Gasteiger partial charge in [-0.3, -0.25) is 14.5 Å². The van der Waals surface area contributed by atoms with E-state index in [4.69, 9.17) is 0 Å². The molecule has 1 amide bonds. The third-order valence-corrected chi connectivity index (χ3v) is 4.09. The van der Waals surface area contributed by atoms with E-state index in [1.165, 1.54) is 0 Å². The molecule has 0 N–H and O–H groups in total. The average Bonchev–Trinajstić information content (AvgIpc) is 2.67. The molecule has 1 aromatic rings. The quantitative estimate of drug-likeness (QED) is 0.831. The van der Waals surface area contributed by atoms with Gasteiger partial charge in [-0.25, -0.2) is 0 Å². The van der Waals surface area contributed by atoms with E-state index in [1.807, 2.05) is 37.9 Å². The second kappa shape index (κ2) is 6.65. The molecule has 1 fully saturated rings. The number of amides is 1. The highest BCUT2D eigenvalue weighted by molar-refractivity contribution is 5.81. The van der Waals surface area contributed by atoms with Crippen molar-refractivity contribution in [3.8, 4) is 0 Å². The van der Waals surface area contributed by atoms with E-state index < -0.39 is 0 Å². The van der Waals surface area contributed by atoms with Crippen LogP contribution in [0.25, 0.3) is 0 Å². The van der Waals surface area contributed by atoms with Gasteiger partial charge >= 0.3 is 0 Å². The first-order valence-corrected chi connectivity index (χ1v) is 7.94. The lowest BCUT2D eigenvalue weighted by Gasteiger charge is -2.28. The van der Waals surface area contributed by atoms with E-state index in [1.54, 1.807) is 17.7 Å². The van der Waals surface area contributed by atoms with Crippen LogP contribution in [0.4, 0.5) is 0 Å². The molecule has 0 radical (unpaired) electrons. The number of carbonyl (C=O) groups is 1. The van der Waals surface area contributed by atoms with Gasteiger partial charge in [0, 0.05) is 57.4 Å². The summed E-state index contributed by atoms with van der Waals surface area (Å²) in [5.41, 5.74) is 0.747. The second-order valence-electron chi connectivity index (χ2n) is 7.16. The molecule has 0 atom stereocenters. The molecule has 0 saturated carbocycles. The van der Waals surface area contributed by atoms with E-state index in [0.29, 0.717) is 0 Å². The molecule has 2 rings (SSSR count). The third kappa shape index (κ3) is 4.19. The maximum absolute atomic E-state index is 12.4. The van der Waals surface area contributed by atoms with Crippen molar-refractivity contribution in [2.24, 2.45) is 12.5 Å². The minimum atomic E-state index is -0.319. The van der Waals surface area contributed by atoms with Gasteiger partial charge in [-0.05, 0) is 18.1 Å². The van der Waals surface area contributed by atoms with Crippen molar-refractivity contribution in [2.75, 3.05) is 26.2 Å². The standard InChI is InChI=1S/C17H27N3O2/c1-17(2,3)16(22)20-8-5-7-19(10-11-20)13-14-6-9-18(4)15(21)12-14/h6,9,12H,5,7-8,10-11,13H2,1-4H3. The highest BCUT2D eigenvalue weighted by Crippen LogP contribution is 2.19. The number of pyridine rings is 1. The molecular formula is C17H27N3O2. The van der Waals surface area contributed by atoms with Crippen LogP contribution in [0.5, 0.6) is 0 Å². The SMILES string of the molecule is Cn1ccc(CN2CCCN(C(=O)C(C)(C)C)CC2)cc1=O.